The van der Waals surface area contributed by atoms with Crippen molar-refractivity contribution in [3.8, 4) is 6.07 Å². The van der Waals surface area contributed by atoms with Gasteiger partial charge in [0, 0.05) is 5.69 Å². The lowest BCUT2D eigenvalue weighted by Gasteiger charge is -2.12. The van der Waals surface area contributed by atoms with Crippen molar-refractivity contribution in [2.24, 2.45) is 0 Å². The minimum Gasteiger partial charge on any atom is -0.399 e. The molecular formula is C14H12N2O. The first-order chi connectivity index (χ1) is 8.20. The Balaban J connectivity index is 2.37. The molecule has 3 N–H and O–H groups in total. The molecule has 3 nitrogen and oxygen atoms in total. The van der Waals surface area contributed by atoms with Gasteiger partial charge in [0.05, 0.1) is 11.6 Å². The number of nitriles is 1. The second kappa shape index (κ2) is 4.69. The Morgan fingerprint density at radius 3 is 2.35 bits per heavy atom. The van der Waals surface area contributed by atoms with Gasteiger partial charge in [0.2, 0.25) is 0 Å². The van der Waals surface area contributed by atoms with Crippen molar-refractivity contribution in [3.63, 3.8) is 0 Å². The van der Waals surface area contributed by atoms with Gasteiger partial charge < -0.3 is 10.8 Å². The van der Waals surface area contributed by atoms with Gasteiger partial charge in [0.1, 0.15) is 6.10 Å². The van der Waals surface area contributed by atoms with Crippen molar-refractivity contribution in [2.45, 2.75) is 6.10 Å². The van der Waals surface area contributed by atoms with Crippen LogP contribution in [0.25, 0.3) is 0 Å². The molecule has 0 amide bonds. The molecule has 0 spiro atoms. The molecule has 3 heteroatoms. The van der Waals surface area contributed by atoms with Crippen molar-refractivity contribution >= 4 is 5.69 Å². The van der Waals surface area contributed by atoms with Crippen molar-refractivity contribution in [1.82, 2.24) is 0 Å². The lowest BCUT2D eigenvalue weighted by atomic mass is 10.00. The van der Waals surface area contributed by atoms with Crippen LogP contribution >= 0.6 is 0 Å². The van der Waals surface area contributed by atoms with E-state index in [9.17, 15) is 5.11 Å². The number of nitrogens with zero attached hydrogens (tertiary/aromatic N) is 1. The number of rotatable bonds is 2. The van der Waals surface area contributed by atoms with Crippen molar-refractivity contribution < 1.29 is 5.11 Å². The Morgan fingerprint density at radius 1 is 1.06 bits per heavy atom. The molecule has 1 atom stereocenters. The highest BCUT2D eigenvalue weighted by Gasteiger charge is 2.10. The van der Waals surface area contributed by atoms with Gasteiger partial charge in [-0.3, -0.25) is 0 Å². The first-order valence-corrected chi connectivity index (χ1v) is 5.24. The fourth-order valence-corrected chi connectivity index (χ4v) is 1.70. The Bertz CT molecular complexity index is 572. The van der Waals surface area contributed by atoms with Crippen LogP contribution in [-0.2, 0) is 0 Å². The zero-order chi connectivity index (χ0) is 12.3. The quantitative estimate of drug-likeness (QED) is 0.768. The summed E-state index contributed by atoms with van der Waals surface area (Å²) in [5.74, 6) is 0. The van der Waals surface area contributed by atoms with Crippen LogP contribution in [0, 0.1) is 11.3 Å². The summed E-state index contributed by atoms with van der Waals surface area (Å²) >= 11 is 0. The number of aliphatic hydroxyl groups excluding tert-OH is 1. The summed E-state index contributed by atoms with van der Waals surface area (Å²) in [6.07, 6.45) is -0.758. The normalized spacial score (nSPS) is 11.8. The highest BCUT2D eigenvalue weighted by atomic mass is 16.3. The van der Waals surface area contributed by atoms with E-state index in [1.807, 2.05) is 6.07 Å². The zero-order valence-corrected chi connectivity index (χ0v) is 9.17. The van der Waals surface area contributed by atoms with E-state index < -0.39 is 6.10 Å². The van der Waals surface area contributed by atoms with Crippen LogP contribution in [0.1, 0.15) is 22.8 Å². The molecule has 84 valence electrons. The monoisotopic (exact) mass is 224 g/mol. The smallest absolute Gasteiger partial charge is 0.104 e. The zero-order valence-electron chi connectivity index (χ0n) is 9.17. The van der Waals surface area contributed by atoms with Gasteiger partial charge in [-0.25, -0.2) is 0 Å². The standard InChI is InChI=1S/C14H12N2O/c15-9-10-3-1-4-11(7-10)14(17)12-5-2-6-13(16)8-12/h1-8,14,17H,16H2. The molecule has 2 rings (SSSR count). The third kappa shape index (κ3) is 2.44. The molecule has 0 bridgehead atoms. The number of benzene rings is 2. The van der Waals surface area contributed by atoms with Crippen LogP contribution in [0.4, 0.5) is 5.69 Å². The van der Waals surface area contributed by atoms with Crippen LogP contribution < -0.4 is 5.73 Å². The molecule has 0 radical (unpaired) electrons. The first kappa shape index (κ1) is 11.2. The maximum Gasteiger partial charge on any atom is 0.104 e. The summed E-state index contributed by atoms with van der Waals surface area (Å²) in [6.45, 7) is 0. The molecule has 0 aliphatic heterocycles. The van der Waals surface area contributed by atoms with Crippen LogP contribution in [0.15, 0.2) is 48.5 Å². The first-order valence-electron chi connectivity index (χ1n) is 5.24. The predicted octanol–water partition coefficient (Wildman–Crippen LogP) is 2.22. The van der Waals surface area contributed by atoms with Crippen molar-refractivity contribution in [3.05, 3.63) is 65.2 Å². The molecule has 2 aromatic rings. The highest BCUT2D eigenvalue weighted by molar-refractivity contribution is 5.44. The van der Waals surface area contributed by atoms with Gasteiger partial charge in [0.15, 0.2) is 0 Å². The SMILES string of the molecule is N#Cc1cccc(C(O)c2cccc(N)c2)c1. The summed E-state index contributed by atoms with van der Waals surface area (Å²) in [6, 6.07) is 16.1. The summed E-state index contributed by atoms with van der Waals surface area (Å²) < 4.78 is 0. The minimum absolute atomic E-state index is 0.533. The van der Waals surface area contributed by atoms with E-state index in [1.54, 1.807) is 48.5 Å². The van der Waals surface area contributed by atoms with Gasteiger partial charge in [-0.2, -0.15) is 5.26 Å². The number of nitrogen functional groups attached to an aromatic ring is 1. The number of hydrogen-bond donors (Lipinski definition) is 2. The van der Waals surface area contributed by atoms with E-state index in [4.69, 9.17) is 11.0 Å². The number of nitrogens with two attached hydrogens (primary N) is 1. The third-order valence-corrected chi connectivity index (χ3v) is 2.56. The molecule has 0 aliphatic carbocycles. The summed E-state index contributed by atoms with van der Waals surface area (Å²) in [4.78, 5) is 0. The molecule has 0 aliphatic rings. The summed E-state index contributed by atoms with van der Waals surface area (Å²) in [5.41, 5.74) is 8.22. The van der Waals surface area contributed by atoms with E-state index in [0.717, 1.165) is 5.56 Å². The van der Waals surface area contributed by atoms with Gasteiger partial charge in [-0.15, -0.1) is 0 Å². The predicted molar refractivity (Wildman–Crippen MR) is 66.1 cm³/mol. The maximum atomic E-state index is 10.2. The van der Waals surface area contributed by atoms with E-state index in [1.165, 1.54) is 0 Å². The Kier molecular flexibility index (Phi) is 3.08. The van der Waals surface area contributed by atoms with Gasteiger partial charge in [-0.1, -0.05) is 24.3 Å². The molecule has 2 aromatic carbocycles. The second-order valence-corrected chi connectivity index (χ2v) is 3.81. The molecule has 0 saturated heterocycles. The Hall–Kier alpha value is -2.31. The fourth-order valence-electron chi connectivity index (χ4n) is 1.70. The Labute approximate surface area is 99.7 Å². The third-order valence-electron chi connectivity index (χ3n) is 2.56. The molecule has 0 fully saturated rings. The minimum atomic E-state index is -0.758. The molecule has 17 heavy (non-hydrogen) atoms. The lowest BCUT2D eigenvalue weighted by Crippen LogP contribution is -2.00. The van der Waals surface area contributed by atoms with Gasteiger partial charge in [-0.05, 0) is 35.4 Å². The van der Waals surface area contributed by atoms with Gasteiger partial charge in [0.25, 0.3) is 0 Å². The highest BCUT2D eigenvalue weighted by Crippen LogP contribution is 2.23. The Morgan fingerprint density at radius 2 is 1.71 bits per heavy atom. The molecule has 1 unspecified atom stereocenters. The maximum absolute atomic E-state index is 10.2. The topological polar surface area (TPSA) is 70.0 Å². The lowest BCUT2D eigenvalue weighted by molar-refractivity contribution is 0.220. The molecule has 0 saturated carbocycles. The van der Waals surface area contributed by atoms with E-state index in [-0.39, 0.29) is 0 Å². The fraction of sp³-hybridized carbons (Fsp3) is 0.0714. The van der Waals surface area contributed by atoms with E-state index in [2.05, 4.69) is 0 Å². The number of hydrogen-bond acceptors (Lipinski definition) is 3. The van der Waals surface area contributed by atoms with Gasteiger partial charge >= 0.3 is 0 Å². The summed E-state index contributed by atoms with van der Waals surface area (Å²) in [7, 11) is 0. The largest absolute Gasteiger partial charge is 0.399 e. The molecule has 0 heterocycles. The van der Waals surface area contributed by atoms with Crippen molar-refractivity contribution in [2.75, 3.05) is 5.73 Å². The van der Waals surface area contributed by atoms with Crippen LogP contribution in [0.5, 0.6) is 0 Å². The van der Waals surface area contributed by atoms with Crippen LogP contribution in [0.2, 0.25) is 0 Å². The summed E-state index contributed by atoms with van der Waals surface area (Å²) in [5, 5.41) is 19.0. The number of aliphatic hydroxyl groups is 1. The second-order valence-electron chi connectivity index (χ2n) is 3.81. The number of anilines is 1. The molecule has 0 aromatic heterocycles. The van der Waals surface area contributed by atoms with E-state index >= 15 is 0 Å². The van der Waals surface area contributed by atoms with Crippen LogP contribution in [-0.4, -0.2) is 5.11 Å². The van der Waals surface area contributed by atoms with E-state index in [0.29, 0.717) is 16.8 Å². The van der Waals surface area contributed by atoms with Crippen LogP contribution in [0.3, 0.4) is 0 Å². The average Bonchev–Trinajstić information content (AvgIpc) is 2.38. The average molecular weight is 224 g/mol. The molecular weight excluding hydrogens is 212 g/mol. The van der Waals surface area contributed by atoms with Crippen molar-refractivity contribution in [1.29, 1.82) is 5.26 Å².